The third-order valence-electron chi connectivity index (χ3n) is 4.19. The summed E-state index contributed by atoms with van der Waals surface area (Å²) in [6, 6.07) is 5.80. The van der Waals surface area contributed by atoms with Gasteiger partial charge in [-0.25, -0.2) is 0 Å². The smallest absolute Gasteiger partial charge is 0.251 e. The fourth-order valence-electron chi connectivity index (χ4n) is 3.00. The normalized spacial score (nSPS) is 23.1. The average Bonchev–Trinajstić information content (AvgIpc) is 2.38. The van der Waals surface area contributed by atoms with Crippen LogP contribution in [0.15, 0.2) is 18.2 Å². The molecule has 0 spiro atoms. The standard InChI is InChI=1S/C16H24N2O/c1-3-12-5-4-6-14(10-12)18-16(19)15-8-7-13(17)9-11(15)2/h7-9,12,14H,3-6,10,17H2,1-2H3,(H,18,19). The number of carbonyl (C=O) groups excluding carboxylic acids is 1. The molecule has 1 saturated carbocycles. The summed E-state index contributed by atoms with van der Waals surface area (Å²) in [5.74, 6) is 0.811. The summed E-state index contributed by atoms with van der Waals surface area (Å²) in [6.07, 6.45) is 5.98. The van der Waals surface area contributed by atoms with Crippen molar-refractivity contribution in [1.82, 2.24) is 5.32 Å². The monoisotopic (exact) mass is 260 g/mol. The van der Waals surface area contributed by atoms with Gasteiger partial charge in [0.15, 0.2) is 0 Å². The first-order valence-electron chi connectivity index (χ1n) is 7.27. The topological polar surface area (TPSA) is 55.1 Å². The van der Waals surface area contributed by atoms with Crippen LogP contribution >= 0.6 is 0 Å². The Morgan fingerprint density at radius 3 is 2.89 bits per heavy atom. The number of nitrogens with one attached hydrogen (secondary N) is 1. The van der Waals surface area contributed by atoms with Gasteiger partial charge < -0.3 is 11.1 Å². The van der Waals surface area contributed by atoms with E-state index < -0.39 is 0 Å². The Labute approximate surface area is 115 Å². The van der Waals surface area contributed by atoms with Crippen LogP contribution in [0.3, 0.4) is 0 Å². The second-order valence-electron chi connectivity index (χ2n) is 5.69. The van der Waals surface area contributed by atoms with Crippen molar-refractivity contribution in [3.05, 3.63) is 29.3 Å². The Balaban J connectivity index is 2.00. The minimum atomic E-state index is 0.0410. The third-order valence-corrected chi connectivity index (χ3v) is 4.19. The highest BCUT2D eigenvalue weighted by Gasteiger charge is 2.22. The van der Waals surface area contributed by atoms with Crippen LogP contribution in [-0.2, 0) is 0 Å². The predicted octanol–water partition coefficient (Wildman–Crippen LogP) is 3.28. The first-order valence-corrected chi connectivity index (χ1v) is 7.27. The van der Waals surface area contributed by atoms with Crippen LogP contribution in [-0.4, -0.2) is 11.9 Å². The van der Waals surface area contributed by atoms with Crippen molar-refractivity contribution in [1.29, 1.82) is 0 Å². The molecule has 0 heterocycles. The Morgan fingerprint density at radius 1 is 1.42 bits per heavy atom. The second-order valence-corrected chi connectivity index (χ2v) is 5.69. The fourth-order valence-corrected chi connectivity index (χ4v) is 3.00. The van der Waals surface area contributed by atoms with Gasteiger partial charge >= 0.3 is 0 Å². The number of anilines is 1. The number of amides is 1. The lowest BCUT2D eigenvalue weighted by Gasteiger charge is -2.29. The molecule has 1 aliphatic rings. The zero-order valence-electron chi connectivity index (χ0n) is 11.9. The SMILES string of the molecule is CCC1CCCC(NC(=O)c2ccc(N)cc2C)C1. The summed E-state index contributed by atoms with van der Waals surface area (Å²) < 4.78 is 0. The van der Waals surface area contributed by atoms with Crippen LogP contribution in [0.25, 0.3) is 0 Å². The van der Waals surface area contributed by atoms with Crippen LogP contribution in [0.4, 0.5) is 5.69 Å². The third kappa shape index (κ3) is 3.49. The van der Waals surface area contributed by atoms with Crippen molar-refractivity contribution in [3.8, 4) is 0 Å². The zero-order valence-corrected chi connectivity index (χ0v) is 11.9. The first kappa shape index (κ1) is 13.9. The molecule has 2 atom stereocenters. The van der Waals surface area contributed by atoms with E-state index in [4.69, 9.17) is 5.73 Å². The number of nitrogens with two attached hydrogens (primary N) is 1. The van der Waals surface area contributed by atoms with Crippen molar-refractivity contribution in [2.24, 2.45) is 5.92 Å². The van der Waals surface area contributed by atoms with Gasteiger partial charge in [-0.15, -0.1) is 0 Å². The number of rotatable bonds is 3. The summed E-state index contributed by atoms with van der Waals surface area (Å²) in [6.45, 7) is 4.17. The highest BCUT2D eigenvalue weighted by atomic mass is 16.1. The molecule has 3 heteroatoms. The van der Waals surface area contributed by atoms with Gasteiger partial charge in [0.2, 0.25) is 0 Å². The number of benzene rings is 1. The molecule has 2 rings (SSSR count). The van der Waals surface area contributed by atoms with Crippen LogP contribution in [0.5, 0.6) is 0 Å². The molecule has 19 heavy (non-hydrogen) atoms. The average molecular weight is 260 g/mol. The van der Waals surface area contributed by atoms with E-state index in [-0.39, 0.29) is 5.91 Å². The van der Waals surface area contributed by atoms with Gasteiger partial charge in [-0.3, -0.25) is 4.79 Å². The minimum Gasteiger partial charge on any atom is -0.399 e. The summed E-state index contributed by atoms with van der Waals surface area (Å²) in [4.78, 5) is 12.3. The van der Waals surface area contributed by atoms with E-state index in [1.807, 2.05) is 19.1 Å². The van der Waals surface area contributed by atoms with Crippen molar-refractivity contribution in [2.45, 2.75) is 52.0 Å². The second kappa shape index (κ2) is 6.09. The molecule has 1 aromatic rings. The lowest BCUT2D eigenvalue weighted by atomic mass is 9.84. The maximum atomic E-state index is 12.3. The number of carbonyl (C=O) groups is 1. The van der Waals surface area contributed by atoms with E-state index in [0.29, 0.717) is 11.7 Å². The van der Waals surface area contributed by atoms with E-state index in [1.54, 1.807) is 6.07 Å². The van der Waals surface area contributed by atoms with Crippen molar-refractivity contribution in [3.63, 3.8) is 0 Å². The Morgan fingerprint density at radius 2 is 2.21 bits per heavy atom. The van der Waals surface area contributed by atoms with E-state index in [2.05, 4.69) is 12.2 Å². The Bertz CT molecular complexity index is 456. The molecule has 1 aliphatic carbocycles. The summed E-state index contributed by atoms with van der Waals surface area (Å²) in [5, 5.41) is 3.18. The Hall–Kier alpha value is -1.51. The molecule has 3 nitrogen and oxygen atoms in total. The predicted molar refractivity (Wildman–Crippen MR) is 79.1 cm³/mol. The molecule has 1 amide bonds. The maximum Gasteiger partial charge on any atom is 0.251 e. The molecule has 1 fully saturated rings. The van der Waals surface area contributed by atoms with Gasteiger partial charge in [0.25, 0.3) is 5.91 Å². The molecular weight excluding hydrogens is 236 g/mol. The quantitative estimate of drug-likeness (QED) is 0.819. The van der Waals surface area contributed by atoms with Gasteiger partial charge in [0.1, 0.15) is 0 Å². The summed E-state index contributed by atoms with van der Waals surface area (Å²) >= 11 is 0. The van der Waals surface area contributed by atoms with Crippen molar-refractivity contribution < 1.29 is 4.79 Å². The van der Waals surface area contributed by atoms with E-state index >= 15 is 0 Å². The van der Waals surface area contributed by atoms with Gasteiger partial charge in [-0.1, -0.05) is 26.2 Å². The van der Waals surface area contributed by atoms with E-state index in [9.17, 15) is 4.79 Å². The highest BCUT2D eigenvalue weighted by Crippen LogP contribution is 2.26. The Kier molecular flexibility index (Phi) is 4.46. The van der Waals surface area contributed by atoms with Gasteiger partial charge in [0, 0.05) is 17.3 Å². The number of aryl methyl sites for hydroxylation is 1. The summed E-state index contributed by atoms with van der Waals surface area (Å²) in [7, 11) is 0. The molecule has 2 unspecified atom stereocenters. The largest absolute Gasteiger partial charge is 0.399 e. The molecule has 0 aromatic heterocycles. The molecule has 3 N–H and O–H groups in total. The van der Waals surface area contributed by atoms with Crippen LogP contribution in [0, 0.1) is 12.8 Å². The van der Waals surface area contributed by atoms with Crippen molar-refractivity contribution in [2.75, 3.05) is 5.73 Å². The zero-order chi connectivity index (χ0) is 13.8. The number of hydrogen-bond acceptors (Lipinski definition) is 2. The fraction of sp³-hybridized carbons (Fsp3) is 0.562. The maximum absolute atomic E-state index is 12.3. The van der Waals surface area contributed by atoms with Crippen LogP contribution in [0.1, 0.15) is 54.9 Å². The number of hydrogen-bond donors (Lipinski definition) is 2. The van der Waals surface area contributed by atoms with Crippen LogP contribution < -0.4 is 11.1 Å². The van der Waals surface area contributed by atoms with Crippen LogP contribution in [0.2, 0.25) is 0 Å². The lowest BCUT2D eigenvalue weighted by molar-refractivity contribution is 0.0918. The first-order chi connectivity index (χ1) is 9.10. The van der Waals surface area contributed by atoms with Gasteiger partial charge in [-0.05, 0) is 49.4 Å². The van der Waals surface area contributed by atoms with Crippen molar-refractivity contribution >= 4 is 11.6 Å². The van der Waals surface area contributed by atoms with E-state index in [0.717, 1.165) is 29.9 Å². The minimum absolute atomic E-state index is 0.0410. The molecule has 104 valence electrons. The highest BCUT2D eigenvalue weighted by molar-refractivity contribution is 5.96. The molecule has 0 aliphatic heterocycles. The molecular formula is C16H24N2O. The summed E-state index contributed by atoms with van der Waals surface area (Å²) in [5.41, 5.74) is 8.11. The molecule has 0 radical (unpaired) electrons. The molecule has 0 bridgehead atoms. The molecule has 1 aromatic carbocycles. The van der Waals surface area contributed by atoms with Gasteiger partial charge in [-0.2, -0.15) is 0 Å². The van der Waals surface area contributed by atoms with E-state index in [1.165, 1.54) is 19.3 Å². The van der Waals surface area contributed by atoms with Gasteiger partial charge in [0.05, 0.1) is 0 Å². The number of nitrogen functional groups attached to an aromatic ring is 1. The lowest BCUT2D eigenvalue weighted by Crippen LogP contribution is -2.38. The molecule has 0 saturated heterocycles.